The van der Waals surface area contributed by atoms with Crippen LogP contribution in [0.25, 0.3) is 0 Å². The number of hydrogen-bond donors (Lipinski definition) is 0. The molecule has 0 N–H and O–H groups in total. The molecule has 6 heteroatoms. The Morgan fingerprint density at radius 3 is 3.15 bits per heavy atom. The van der Waals surface area contributed by atoms with Crippen molar-refractivity contribution in [2.45, 2.75) is 32.5 Å². The first kappa shape index (κ1) is 13.3. The molecule has 2 aromatic rings. The maximum absolute atomic E-state index is 5.90. The molecule has 3 rings (SSSR count). The quantitative estimate of drug-likeness (QED) is 0.846. The van der Waals surface area contributed by atoms with Gasteiger partial charge in [0.15, 0.2) is 5.76 Å². The Hall–Kier alpha value is -1.66. The van der Waals surface area contributed by atoms with Gasteiger partial charge in [0.25, 0.3) is 0 Å². The summed E-state index contributed by atoms with van der Waals surface area (Å²) < 4.78 is 13.1. The number of aromatic nitrogens is 3. The highest BCUT2D eigenvalue weighted by Gasteiger charge is 2.20. The van der Waals surface area contributed by atoms with Crippen molar-refractivity contribution in [3.63, 3.8) is 0 Å². The minimum atomic E-state index is 0.168. The van der Waals surface area contributed by atoms with Gasteiger partial charge in [0.1, 0.15) is 0 Å². The fraction of sp³-hybridized carbons (Fsp3) is 0.571. The summed E-state index contributed by atoms with van der Waals surface area (Å²) in [7, 11) is 0. The van der Waals surface area contributed by atoms with E-state index in [4.69, 9.17) is 9.26 Å². The van der Waals surface area contributed by atoms with Crippen molar-refractivity contribution in [2.75, 3.05) is 19.7 Å². The second-order valence-electron chi connectivity index (χ2n) is 5.24. The Bertz CT molecular complexity index is 523. The van der Waals surface area contributed by atoms with Gasteiger partial charge in [0.05, 0.1) is 24.9 Å². The lowest BCUT2D eigenvalue weighted by molar-refractivity contribution is 0.0381. The van der Waals surface area contributed by atoms with Gasteiger partial charge in [-0.15, -0.1) is 0 Å². The van der Waals surface area contributed by atoms with Crippen LogP contribution in [0.2, 0.25) is 0 Å². The largest absolute Gasteiger partial charge is 0.375 e. The molecule has 0 amide bonds. The van der Waals surface area contributed by atoms with Gasteiger partial charge in [0.2, 0.25) is 0 Å². The molecule has 1 atom stereocenters. The molecule has 2 aromatic heterocycles. The second-order valence-corrected chi connectivity index (χ2v) is 5.24. The molecule has 0 saturated carbocycles. The number of aryl methyl sites for hydroxylation is 1. The van der Waals surface area contributed by atoms with Crippen LogP contribution in [-0.4, -0.2) is 45.6 Å². The van der Waals surface area contributed by atoms with Gasteiger partial charge in [-0.3, -0.25) is 9.58 Å². The standard InChI is InChI=1S/C14H20N4O2/c1-12-8-13(20-16-12)9-17-5-3-7-19-14(10-17)11-18-6-2-4-15-18/h2,4,6,8,14H,3,5,7,9-11H2,1H3/t14-/m1/s1. The van der Waals surface area contributed by atoms with Crippen molar-refractivity contribution >= 4 is 0 Å². The van der Waals surface area contributed by atoms with Crippen molar-refractivity contribution in [1.82, 2.24) is 19.8 Å². The first-order chi connectivity index (χ1) is 9.79. The molecule has 1 aliphatic rings. The van der Waals surface area contributed by atoms with Gasteiger partial charge < -0.3 is 9.26 Å². The van der Waals surface area contributed by atoms with Gasteiger partial charge >= 0.3 is 0 Å². The SMILES string of the molecule is Cc1cc(CN2CCCO[C@@H](Cn3cccn3)C2)on1. The van der Waals surface area contributed by atoms with E-state index in [1.165, 1.54) is 0 Å². The molecule has 0 unspecified atom stereocenters. The zero-order valence-electron chi connectivity index (χ0n) is 11.7. The molecule has 0 aliphatic carbocycles. The summed E-state index contributed by atoms with van der Waals surface area (Å²) in [6, 6.07) is 3.93. The molecule has 1 aliphatic heterocycles. The van der Waals surface area contributed by atoms with Crippen molar-refractivity contribution in [3.05, 3.63) is 36.0 Å². The molecule has 3 heterocycles. The Kier molecular flexibility index (Phi) is 4.13. The van der Waals surface area contributed by atoms with E-state index in [0.717, 1.165) is 50.7 Å². The summed E-state index contributed by atoms with van der Waals surface area (Å²) >= 11 is 0. The van der Waals surface area contributed by atoms with Crippen LogP contribution in [0.1, 0.15) is 17.9 Å². The molecule has 6 nitrogen and oxygen atoms in total. The first-order valence-corrected chi connectivity index (χ1v) is 7.03. The summed E-state index contributed by atoms with van der Waals surface area (Å²) in [4.78, 5) is 2.36. The average Bonchev–Trinajstić information content (AvgIpc) is 3.00. The van der Waals surface area contributed by atoms with E-state index in [2.05, 4.69) is 15.2 Å². The van der Waals surface area contributed by atoms with Crippen molar-refractivity contribution < 1.29 is 9.26 Å². The Morgan fingerprint density at radius 1 is 1.45 bits per heavy atom. The average molecular weight is 276 g/mol. The Morgan fingerprint density at radius 2 is 2.40 bits per heavy atom. The summed E-state index contributed by atoms with van der Waals surface area (Å²) in [5.41, 5.74) is 0.930. The summed E-state index contributed by atoms with van der Waals surface area (Å²) in [5, 5.41) is 8.18. The van der Waals surface area contributed by atoms with Crippen molar-refractivity contribution in [2.24, 2.45) is 0 Å². The minimum absolute atomic E-state index is 0.168. The fourth-order valence-corrected chi connectivity index (χ4v) is 2.55. The van der Waals surface area contributed by atoms with Gasteiger partial charge in [-0.2, -0.15) is 5.10 Å². The Balaban J connectivity index is 1.60. The zero-order valence-corrected chi connectivity index (χ0v) is 11.7. The van der Waals surface area contributed by atoms with Crippen LogP contribution >= 0.6 is 0 Å². The third-order valence-electron chi connectivity index (χ3n) is 3.44. The smallest absolute Gasteiger partial charge is 0.150 e. The molecule has 1 fully saturated rings. The fourth-order valence-electron chi connectivity index (χ4n) is 2.55. The Labute approximate surface area is 118 Å². The maximum atomic E-state index is 5.90. The van der Waals surface area contributed by atoms with Crippen molar-refractivity contribution in [3.8, 4) is 0 Å². The molecule has 0 bridgehead atoms. The lowest BCUT2D eigenvalue weighted by Gasteiger charge is -2.22. The van der Waals surface area contributed by atoms with E-state index in [-0.39, 0.29) is 6.10 Å². The summed E-state index contributed by atoms with van der Waals surface area (Å²) in [6.07, 6.45) is 4.98. The number of ether oxygens (including phenoxy) is 1. The molecule has 0 radical (unpaired) electrons. The van der Waals surface area contributed by atoms with Crippen LogP contribution in [0, 0.1) is 6.92 Å². The van der Waals surface area contributed by atoms with E-state index in [0.29, 0.717) is 0 Å². The van der Waals surface area contributed by atoms with Gasteiger partial charge in [0, 0.05) is 38.2 Å². The third-order valence-corrected chi connectivity index (χ3v) is 3.44. The summed E-state index contributed by atoms with van der Waals surface area (Å²) in [6.45, 7) is 6.24. The van der Waals surface area contributed by atoms with Gasteiger partial charge in [-0.25, -0.2) is 0 Å². The van der Waals surface area contributed by atoms with Gasteiger partial charge in [-0.05, 0) is 19.4 Å². The lowest BCUT2D eigenvalue weighted by atomic mass is 10.3. The van der Waals surface area contributed by atoms with Crippen LogP contribution in [0.15, 0.2) is 29.0 Å². The third kappa shape index (κ3) is 3.46. The highest BCUT2D eigenvalue weighted by Crippen LogP contribution is 2.12. The van der Waals surface area contributed by atoms with Crippen LogP contribution in [0.3, 0.4) is 0 Å². The maximum Gasteiger partial charge on any atom is 0.150 e. The minimum Gasteiger partial charge on any atom is -0.375 e. The molecule has 108 valence electrons. The molecule has 20 heavy (non-hydrogen) atoms. The van der Waals surface area contributed by atoms with E-state index < -0.39 is 0 Å². The topological polar surface area (TPSA) is 56.3 Å². The van der Waals surface area contributed by atoms with Crippen LogP contribution in [0.4, 0.5) is 0 Å². The van der Waals surface area contributed by atoms with Crippen molar-refractivity contribution in [1.29, 1.82) is 0 Å². The van der Waals surface area contributed by atoms with E-state index in [9.17, 15) is 0 Å². The zero-order chi connectivity index (χ0) is 13.8. The predicted molar refractivity (Wildman–Crippen MR) is 73.1 cm³/mol. The molecular weight excluding hydrogens is 256 g/mol. The summed E-state index contributed by atoms with van der Waals surface area (Å²) in [5.74, 6) is 0.919. The predicted octanol–water partition coefficient (Wildman–Crippen LogP) is 1.47. The van der Waals surface area contributed by atoms with Crippen LogP contribution in [0.5, 0.6) is 0 Å². The molecular formula is C14H20N4O2. The van der Waals surface area contributed by atoms with Gasteiger partial charge in [-0.1, -0.05) is 5.16 Å². The lowest BCUT2D eigenvalue weighted by Crippen LogP contribution is -2.34. The van der Waals surface area contributed by atoms with E-state index >= 15 is 0 Å². The number of hydrogen-bond acceptors (Lipinski definition) is 5. The molecule has 1 saturated heterocycles. The molecule has 0 spiro atoms. The first-order valence-electron chi connectivity index (χ1n) is 7.03. The second kappa shape index (κ2) is 6.19. The van der Waals surface area contributed by atoms with E-state index in [1.807, 2.05) is 29.9 Å². The number of nitrogens with zero attached hydrogens (tertiary/aromatic N) is 4. The highest BCUT2D eigenvalue weighted by molar-refractivity contribution is 5.02. The normalized spacial score (nSPS) is 20.9. The van der Waals surface area contributed by atoms with E-state index in [1.54, 1.807) is 6.20 Å². The monoisotopic (exact) mass is 276 g/mol. The molecule has 0 aromatic carbocycles. The number of rotatable bonds is 4. The van der Waals surface area contributed by atoms with Crippen LogP contribution < -0.4 is 0 Å². The van der Waals surface area contributed by atoms with Crippen LogP contribution in [-0.2, 0) is 17.8 Å². The highest BCUT2D eigenvalue weighted by atomic mass is 16.5.